The number of alkyl halides is 3. The number of nitrogens with one attached hydrogen (secondary N) is 2. The average molecular weight is 417 g/mol. The molecule has 4 rings (SSSR count). The van der Waals surface area contributed by atoms with Gasteiger partial charge in [0.1, 0.15) is 12.1 Å². The summed E-state index contributed by atoms with van der Waals surface area (Å²) in [4.78, 5) is 19.9. The van der Waals surface area contributed by atoms with Crippen LogP contribution in [0.5, 0.6) is 5.75 Å². The van der Waals surface area contributed by atoms with E-state index in [0.717, 1.165) is 11.3 Å². The van der Waals surface area contributed by atoms with E-state index < -0.39 is 12.3 Å². The van der Waals surface area contributed by atoms with E-state index in [2.05, 4.69) is 25.3 Å². The van der Waals surface area contributed by atoms with Gasteiger partial charge in [-0.05, 0) is 29.8 Å². The molecule has 0 spiro atoms. The minimum absolute atomic E-state index is 0.0143. The third kappa shape index (κ3) is 4.13. The molecular weight excluding hydrogens is 399 g/mol. The van der Waals surface area contributed by atoms with Crippen LogP contribution in [0.4, 0.5) is 18.9 Å². The van der Waals surface area contributed by atoms with Crippen molar-refractivity contribution in [2.45, 2.75) is 18.3 Å². The number of primary amides is 1. The molecule has 1 aliphatic heterocycles. The topological polar surface area (TPSA) is 102 Å². The number of carbonyl (C=O) groups is 1. The van der Waals surface area contributed by atoms with Gasteiger partial charge in [0.25, 0.3) is 5.91 Å². The molecule has 1 amide bonds. The molecule has 0 saturated carbocycles. The molecule has 1 aromatic heterocycles. The van der Waals surface area contributed by atoms with E-state index in [1.54, 1.807) is 30.5 Å². The van der Waals surface area contributed by atoms with Gasteiger partial charge in [-0.25, -0.2) is 9.97 Å². The first-order valence-corrected chi connectivity index (χ1v) is 9.17. The summed E-state index contributed by atoms with van der Waals surface area (Å²) in [6.07, 6.45) is -1.76. The Hall–Kier alpha value is -3.40. The van der Waals surface area contributed by atoms with Crippen molar-refractivity contribution in [1.29, 1.82) is 0 Å². The van der Waals surface area contributed by atoms with E-state index >= 15 is 0 Å². The Morgan fingerprint density at radius 1 is 1.17 bits per heavy atom. The number of hydrogen-bond acceptors (Lipinski definition) is 6. The van der Waals surface area contributed by atoms with Crippen LogP contribution in [0.3, 0.4) is 0 Å². The van der Waals surface area contributed by atoms with Gasteiger partial charge in [-0.15, -0.1) is 13.2 Å². The number of amides is 1. The Labute approximate surface area is 169 Å². The molecule has 4 N–H and O–H groups in total. The van der Waals surface area contributed by atoms with Gasteiger partial charge in [-0.2, -0.15) is 0 Å². The molecule has 0 radical (unpaired) electrons. The van der Waals surface area contributed by atoms with Crippen LogP contribution in [0.25, 0.3) is 10.9 Å². The number of anilines is 1. The van der Waals surface area contributed by atoms with Gasteiger partial charge in [-0.3, -0.25) is 4.79 Å². The van der Waals surface area contributed by atoms with Crippen molar-refractivity contribution < 1.29 is 22.7 Å². The molecular formula is C20H18F3N5O2. The first kappa shape index (κ1) is 19.9. The largest absolute Gasteiger partial charge is 0.573 e. The number of carbonyl (C=O) groups excluding carboxylic acids is 1. The maximum absolute atomic E-state index is 12.4. The minimum Gasteiger partial charge on any atom is -0.406 e. The highest BCUT2D eigenvalue weighted by atomic mass is 19.4. The fourth-order valence-corrected chi connectivity index (χ4v) is 3.70. The number of rotatable bonds is 5. The standard InChI is InChI=1S/C20H18F3N5O2/c21-20(22,23)30-12-3-1-11(2-4-12)14-7-25-9-17(14)28-16-6-5-13(19(24)29)18-15(16)8-26-10-27-18/h1-6,8,10,14,17,25,28H,7,9H2,(H2,24,29). The molecule has 2 aromatic carbocycles. The first-order valence-electron chi connectivity index (χ1n) is 9.17. The van der Waals surface area contributed by atoms with Crippen LogP contribution in [0.2, 0.25) is 0 Å². The monoisotopic (exact) mass is 417 g/mol. The number of halogens is 3. The summed E-state index contributed by atoms with van der Waals surface area (Å²) in [5.41, 5.74) is 7.81. The quantitative estimate of drug-likeness (QED) is 0.590. The SMILES string of the molecule is NC(=O)c1ccc(NC2CNCC2c2ccc(OC(F)(F)F)cc2)c2cncnc12. The maximum Gasteiger partial charge on any atom is 0.573 e. The van der Waals surface area contributed by atoms with Crippen molar-refractivity contribution in [3.05, 3.63) is 60.0 Å². The zero-order valence-corrected chi connectivity index (χ0v) is 15.6. The van der Waals surface area contributed by atoms with E-state index in [1.165, 1.54) is 18.5 Å². The van der Waals surface area contributed by atoms with Crippen molar-refractivity contribution in [2.24, 2.45) is 5.73 Å². The number of nitrogens with two attached hydrogens (primary N) is 1. The van der Waals surface area contributed by atoms with E-state index in [0.29, 0.717) is 29.6 Å². The number of fused-ring (bicyclic) bond motifs is 1. The lowest BCUT2D eigenvalue weighted by atomic mass is 9.93. The number of aromatic nitrogens is 2. The van der Waals surface area contributed by atoms with E-state index in [1.807, 2.05) is 0 Å². The van der Waals surface area contributed by atoms with Crippen LogP contribution < -0.4 is 21.1 Å². The zero-order valence-electron chi connectivity index (χ0n) is 15.6. The van der Waals surface area contributed by atoms with Gasteiger partial charge in [0.15, 0.2) is 0 Å². The molecule has 30 heavy (non-hydrogen) atoms. The summed E-state index contributed by atoms with van der Waals surface area (Å²) >= 11 is 0. The molecule has 10 heteroatoms. The highest BCUT2D eigenvalue weighted by Gasteiger charge is 2.32. The zero-order chi connectivity index (χ0) is 21.3. The van der Waals surface area contributed by atoms with E-state index in [9.17, 15) is 18.0 Å². The first-order chi connectivity index (χ1) is 14.3. The number of hydrogen-bond donors (Lipinski definition) is 3. The predicted molar refractivity (Wildman–Crippen MR) is 104 cm³/mol. The highest BCUT2D eigenvalue weighted by molar-refractivity contribution is 6.07. The Bertz CT molecular complexity index is 1070. The van der Waals surface area contributed by atoms with Crippen molar-refractivity contribution in [2.75, 3.05) is 18.4 Å². The second-order valence-corrected chi connectivity index (χ2v) is 6.94. The van der Waals surface area contributed by atoms with Crippen LogP contribution in [-0.2, 0) is 0 Å². The summed E-state index contributed by atoms with van der Waals surface area (Å²) < 4.78 is 41.1. The van der Waals surface area contributed by atoms with E-state index in [4.69, 9.17) is 5.73 Å². The van der Waals surface area contributed by atoms with Gasteiger partial charge in [0.2, 0.25) is 0 Å². The molecule has 1 fully saturated rings. The Morgan fingerprint density at radius 3 is 2.63 bits per heavy atom. The van der Waals surface area contributed by atoms with Gasteiger partial charge >= 0.3 is 6.36 Å². The van der Waals surface area contributed by atoms with Crippen LogP contribution >= 0.6 is 0 Å². The maximum atomic E-state index is 12.4. The van der Waals surface area contributed by atoms with Crippen molar-refractivity contribution in [1.82, 2.24) is 15.3 Å². The summed E-state index contributed by atoms with van der Waals surface area (Å²) in [6, 6.07) is 9.20. The lowest BCUT2D eigenvalue weighted by Crippen LogP contribution is -2.27. The summed E-state index contributed by atoms with van der Waals surface area (Å²) in [5, 5.41) is 7.40. The molecule has 156 valence electrons. The molecule has 0 aliphatic carbocycles. The number of benzene rings is 2. The Kier molecular flexibility index (Phi) is 5.17. The van der Waals surface area contributed by atoms with Gasteiger partial charge in [-0.1, -0.05) is 12.1 Å². The van der Waals surface area contributed by atoms with Crippen LogP contribution in [-0.4, -0.2) is 41.4 Å². The molecule has 2 unspecified atom stereocenters. The summed E-state index contributed by atoms with van der Waals surface area (Å²) in [6.45, 7) is 1.31. The third-order valence-corrected chi connectivity index (χ3v) is 5.04. The summed E-state index contributed by atoms with van der Waals surface area (Å²) in [7, 11) is 0. The predicted octanol–water partition coefficient (Wildman–Crippen LogP) is 2.79. The molecule has 3 aromatic rings. The molecule has 1 saturated heterocycles. The second-order valence-electron chi connectivity index (χ2n) is 6.94. The van der Waals surface area contributed by atoms with Gasteiger partial charge in [0, 0.05) is 42.3 Å². The molecule has 2 atom stereocenters. The smallest absolute Gasteiger partial charge is 0.406 e. The van der Waals surface area contributed by atoms with E-state index in [-0.39, 0.29) is 17.7 Å². The van der Waals surface area contributed by atoms with Gasteiger partial charge in [0.05, 0.1) is 11.1 Å². The van der Waals surface area contributed by atoms with Gasteiger partial charge < -0.3 is 21.1 Å². The Balaban J connectivity index is 1.58. The molecule has 2 heterocycles. The second kappa shape index (κ2) is 7.79. The fourth-order valence-electron chi connectivity index (χ4n) is 3.70. The Morgan fingerprint density at radius 2 is 1.93 bits per heavy atom. The highest BCUT2D eigenvalue weighted by Crippen LogP contribution is 2.31. The van der Waals surface area contributed by atoms with Crippen molar-refractivity contribution in [3.63, 3.8) is 0 Å². The molecule has 7 nitrogen and oxygen atoms in total. The fraction of sp³-hybridized carbons (Fsp3) is 0.250. The lowest BCUT2D eigenvalue weighted by Gasteiger charge is -2.23. The summed E-state index contributed by atoms with van der Waals surface area (Å²) in [5.74, 6) is -0.820. The van der Waals surface area contributed by atoms with Crippen LogP contribution in [0, 0.1) is 0 Å². The minimum atomic E-state index is -4.72. The van der Waals surface area contributed by atoms with Crippen molar-refractivity contribution in [3.8, 4) is 5.75 Å². The third-order valence-electron chi connectivity index (χ3n) is 5.04. The van der Waals surface area contributed by atoms with Crippen LogP contribution in [0.1, 0.15) is 21.8 Å². The normalized spacial score (nSPS) is 19.0. The van der Waals surface area contributed by atoms with Crippen molar-refractivity contribution >= 4 is 22.5 Å². The average Bonchev–Trinajstić information content (AvgIpc) is 3.15. The lowest BCUT2D eigenvalue weighted by molar-refractivity contribution is -0.274. The molecule has 0 bridgehead atoms. The number of ether oxygens (including phenoxy) is 1. The number of nitrogens with zero attached hydrogens (tertiary/aromatic N) is 2. The molecule has 1 aliphatic rings. The van der Waals surface area contributed by atoms with Crippen LogP contribution in [0.15, 0.2) is 48.9 Å².